The quantitative estimate of drug-likeness (QED) is 0.744. The molecule has 0 heterocycles. The molecule has 0 radical (unpaired) electrons. The van der Waals surface area contributed by atoms with Crippen LogP contribution in [0.4, 0.5) is 0 Å². The molecule has 3 N–H and O–H groups in total. The second-order valence-corrected chi connectivity index (χ2v) is 5.73. The Kier molecular flexibility index (Phi) is 7.55. The Morgan fingerprint density at radius 2 is 2.05 bits per heavy atom. The van der Waals surface area contributed by atoms with Crippen LogP contribution in [0.5, 0.6) is 0 Å². The van der Waals surface area contributed by atoms with Crippen LogP contribution in [0.25, 0.3) is 0 Å². The zero-order valence-electron chi connectivity index (χ0n) is 11.6. The first-order chi connectivity index (χ1) is 9.09. The number of carbonyl (C=O) groups excluding carboxylic acids is 1. The third-order valence-corrected chi connectivity index (χ3v) is 3.74. The summed E-state index contributed by atoms with van der Waals surface area (Å²) in [6, 6.07) is 9.76. The molecule has 0 fully saturated rings. The molecule has 1 aromatic carbocycles. The molecule has 106 valence electrons. The number of hydrogen-bond acceptors (Lipinski definition) is 4. The highest BCUT2D eigenvalue weighted by atomic mass is 32.2. The zero-order valence-corrected chi connectivity index (χ0v) is 12.5. The van der Waals surface area contributed by atoms with Gasteiger partial charge in [0, 0.05) is 24.6 Å². The van der Waals surface area contributed by atoms with Crippen LogP contribution in [0.15, 0.2) is 30.3 Å². The van der Waals surface area contributed by atoms with Crippen molar-refractivity contribution in [1.82, 2.24) is 10.2 Å². The minimum Gasteiger partial charge on any atom is -0.353 e. The van der Waals surface area contributed by atoms with Gasteiger partial charge in [0.15, 0.2) is 0 Å². The summed E-state index contributed by atoms with van der Waals surface area (Å²) in [6.45, 7) is 1.47. The summed E-state index contributed by atoms with van der Waals surface area (Å²) in [5.41, 5.74) is 7.11. The van der Waals surface area contributed by atoms with Crippen LogP contribution in [0.2, 0.25) is 0 Å². The Labute approximate surface area is 119 Å². The van der Waals surface area contributed by atoms with Crippen LogP contribution in [0.3, 0.4) is 0 Å². The number of nitrogens with zero attached hydrogens (tertiary/aromatic N) is 1. The van der Waals surface area contributed by atoms with E-state index >= 15 is 0 Å². The zero-order chi connectivity index (χ0) is 14.1. The van der Waals surface area contributed by atoms with E-state index < -0.39 is 6.04 Å². The van der Waals surface area contributed by atoms with Gasteiger partial charge in [0.1, 0.15) is 0 Å². The predicted molar refractivity (Wildman–Crippen MR) is 82.1 cm³/mol. The van der Waals surface area contributed by atoms with Gasteiger partial charge in [-0.1, -0.05) is 30.3 Å². The van der Waals surface area contributed by atoms with Gasteiger partial charge in [-0.15, -0.1) is 0 Å². The fourth-order valence-corrected chi connectivity index (χ4v) is 2.44. The number of amides is 1. The maximum Gasteiger partial charge on any atom is 0.237 e. The number of hydrogen-bond donors (Lipinski definition) is 2. The molecule has 0 aliphatic rings. The fourth-order valence-electron chi connectivity index (χ4n) is 1.49. The van der Waals surface area contributed by atoms with E-state index in [1.54, 1.807) is 11.8 Å². The van der Waals surface area contributed by atoms with E-state index in [0.29, 0.717) is 12.3 Å². The number of benzene rings is 1. The number of thioether (sulfide) groups is 1. The average Bonchev–Trinajstić information content (AvgIpc) is 2.39. The van der Waals surface area contributed by atoms with Crippen LogP contribution in [-0.2, 0) is 10.5 Å². The maximum atomic E-state index is 11.7. The Hall–Kier alpha value is -1.04. The molecule has 19 heavy (non-hydrogen) atoms. The summed E-state index contributed by atoms with van der Waals surface area (Å²) in [5.74, 6) is 1.46. The van der Waals surface area contributed by atoms with Gasteiger partial charge in [-0.2, -0.15) is 11.8 Å². The number of carbonyl (C=O) groups is 1. The minimum atomic E-state index is -0.434. The monoisotopic (exact) mass is 281 g/mol. The van der Waals surface area contributed by atoms with Gasteiger partial charge in [-0.25, -0.2) is 0 Å². The van der Waals surface area contributed by atoms with E-state index in [1.807, 2.05) is 37.2 Å². The highest BCUT2D eigenvalue weighted by Gasteiger charge is 2.12. The van der Waals surface area contributed by atoms with Gasteiger partial charge in [-0.05, 0) is 19.7 Å². The molecular formula is C14H23N3OS. The lowest BCUT2D eigenvalue weighted by Gasteiger charge is -2.14. The Balaban J connectivity index is 2.16. The molecule has 0 aliphatic heterocycles. The van der Waals surface area contributed by atoms with Crippen molar-refractivity contribution in [2.75, 3.05) is 32.9 Å². The second kappa shape index (κ2) is 8.96. The van der Waals surface area contributed by atoms with Crippen LogP contribution in [0.1, 0.15) is 5.56 Å². The van der Waals surface area contributed by atoms with Crippen molar-refractivity contribution in [3.8, 4) is 0 Å². The molecule has 0 aromatic heterocycles. The summed E-state index contributed by atoms with van der Waals surface area (Å²) in [4.78, 5) is 13.7. The Morgan fingerprint density at radius 3 is 2.68 bits per heavy atom. The smallest absolute Gasteiger partial charge is 0.237 e. The highest BCUT2D eigenvalue weighted by Crippen LogP contribution is 2.12. The first kappa shape index (κ1) is 16.0. The van der Waals surface area contributed by atoms with Crippen molar-refractivity contribution in [1.29, 1.82) is 0 Å². The maximum absolute atomic E-state index is 11.7. The normalized spacial score (nSPS) is 12.4. The van der Waals surface area contributed by atoms with Crippen molar-refractivity contribution in [2.45, 2.75) is 11.8 Å². The molecule has 0 bridgehead atoms. The lowest BCUT2D eigenvalue weighted by atomic mass is 10.2. The first-order valence-corrected chi connectivity index (χ1v) is 7.54. The molecule has 0 unspecified atom stereocenters. The molecule has 4 nitrogen and oxygen atoms in total. The van der Waals surface area contributed by atoms with Crippen molar-refractivity contribution in [2.24, 2.45) is 5.73 Å². The van der Waals surface area contributed by atoms with E-state index in [2.05, 4.69) is 17.4 Å². The van der Waals surface area contributed by atoms with Gasteiger partial charge in [0.25, 0.3) is 0 Å². The van der Waals surface area contributed by atoms with Crippen molar-refractivity contribution in [3.63, 3.8) is 0 Å². The van der Waals surface area contributed by atoms with Gasteiger partial charge in [0.05, 0.1) is 6.04 Å². The standard InChI is InChI=1S/C14H23N3OS/c1-17(2)9-8-16-14(18)13(15)11-19-10-12-6-4-3-5-7-12/h3-7,13H,8-11,15H2,1-2H3,(H,16,18)/t13-/m0/s1. The molecule has 0 aliphatic carbocycles. The third-order valence-electron chi connectivity index (χ3n) is 2.60. The van der Waals surface area contributed by atoms with Crippen molar-refractivity contribution >= 4 is 17.7 Å². The SMILES string of the molecule is CN(C)CCNC(=O)[C@@H](N)CSCc1ccccc1. The summed E-state index contributed by atoms with van der Waals surface area (Å²) in [6.07, 6.45) is 0. The molecular weight excluding hydrogens is 258 g/mol. The average molecular weight is 281 g/mol. The summed E-state index contributed by atoms with van der Waals surface area (Å²) in [5, 5.41) is 2.84. The predicted octanol–water partition coefficient (Wildman–Crippen LogP) is 0.925. The largest absolute Gasteiger partial charge is 0.353 e. The van der Waals surface area contributed by atoms with Gasteiger partial charge >= 0.3 is 0 Å². The van der Waals surface area contributed by atoms with Crippen molar-refractivity contribution < 1.29 is 4.79 Å². The van der Waals surface area contributed by atoms with E-state index in [-0.39, 0.29) is 5.91 Å². The lowest BCUT2D eigenvalue weighted by Crippen LogP contribution is -2.44. The van der Waals surface area contributed by atoms with Gasteiger partial charge in [0.2, 0.25) is 5.91 Å². The molecule has 0 saturated carbocycles. The Bertz CT molecular complexity index is 370. The molecule has 0 spiro atoms. The molecule has 1 aromatic rings. The van der Waals surface area contributed by atoms with Gasteiger partial charge in [-0.3, -0.25) is 4.79 Å². The van der Waals surface area contributed by atoms with Gasteiger partial charge < -0.3 is 16.0 Å². The van der Waals surface area contributed by atoms with E-state index in [9.17, 15) is 4.79 Å². The highest BCUT2D eigenvalue weighted by molar-refractivity contribution is 7.98. The number of likely N-dealkylation sites (N-methyl/N-ethyl adjacent to an activating group) is 1. The number of nitrogens with one attached hydrogen (secondary N) is 1. The van der Waals surface area contributed by atoms with E-state index in [1.165, 1.54) is 5.56 Å². The Morgan fingerprint density at radius 1 is 1.37 bits per heavy atom. The summed E-state index contributed by atoms with van der Waals surface area (Å²) in [7, 11) is 3.95. The van der Waals surface area contributed by atoms with Crippen LogP contribution in [0, 0.1) is 0 Å². The fraction of sp³-hybridized carbons (Fsp3) is 0.500. The van der Waals surface area contributed by atoms with E-state index in [0.717, 1.165) is 12.3 Å². The topological polar surface area (TPSA) is 58.4 Å². The minimum absolute atomic E-state index is 0.0672. The molecule has 1 atom stereocenters. The third kappa shape index (κ3) is 7.20. The summed E-state index contributed by atoms with van der Waals surface area (Å²) >= 11 is 1.69. The van der Waals surface area contributed by atoms with Crippen LogP contribution < -0.4 is 11.1 Å². The number of rotatable bonds is 8. The number of nitrogens with two attached hydrogens (primary N) is 1. The molecule has 1 rings (SSSR count). The molecule has 0 saturated heterocycles. The second-order valence-electron chi connectivity index (χ2n) is 4.70. The molecule has 5 heteroatoms. The lowest BCUT2D eigenvalue weighted by molar-refractivity contribution is -0.121. The van der Waals surface area contributed by atoms with Crippen LogP contribution in [-0.4, -0.2) is 49.8 Å². The summed E-state index contributed by atoms with van der Waals surface area (Å²) < 4.78 is 0. The first-order valence-electron chi connectivity index (χ1n) is 6.39. The van der Waals surface area contributed by atoms with E-state index in [4.69, 9.17) is 5.73 Å². The van der Waals surface area contributed by atoms with Crippen molar-refractivity contribution in [3.05, 3.63) is 35.9 Å². The molecule has 1 amide bonds. The van der Waals surface area contributed by atoms with Crippen LogP contribution >= 0.6 is 11.8 Å².